The lowest BCUT2D eigenvalue weighted by atomic mass is 10.2. The average Bonchev–Trinajstić information content (AvgIpc) is 2.47. The summed E-state index contributed by atoms with van der Waals surface area (Å²) in [4.78, 5) is 11.9. The van der Waals surface area contributed by atoms with Crippen molar-refractivity contribution in [3.8, 4) is 5.75 Å². The van der Waals surface area contributed by atoms with Gasteiger partial charge in [-0.05, 0) is 37.6 Å². The van der Waals surface area contributed by atoms with E-state index < -0.39 is 6.10 Å². The molecule has 0 saturated heterocycles. The third kappa shape index (κ3) is 6.36. The van der Waals surface area contributed by atoms with Crippen LogP contribution < -0.4 is 15.4 Å². The molecule has 0 aliphatic heterocycles. The Bertz CT molecular complexity index is 452. The molecule has 0 aliphatic carbocycles. The Hall–Kier alpha value is -1.26. The van der Waals surface area contributed by atoms with Gasteiger partial charge in [0.05, 0.1) is 5.02 Å². The molecule has 2 N–H and O–H groups in total. The standard InChI is InChI=1S/C16H25ClN2O2/c1-4-6-9-19-16(20)12(3)21-15-8-7-13(10-14(15)17)11-18-5-2/h7-8,10,12,18H,4-6,9,11H2,1-3H3,(H,19,20). The zero-order valence-electron chi connectivity index (χ0n) is 13.0. The first kappa shape index (κ1) is 17.8. The van der Waals surface area contributed by atoms with Crippen LogP contribution in [0.2, 0.25) is 5.02 Å². The number of rotatable bonds is 9. The average molecular weight is 313 g/mol. The normalized spacial score (nSPS) is 12.0. The highest BCUT2D eigenvalue weighted by Gasteiger charge is 2.15. The number of nitrogens with one attached hydrogen (secondary N) is 2. The van der Waals surface area contributed by atoms with E-state index in [1.165, 1.54) is 0 Å². The fourth-order valence-electron chi connectivity index (χ4n) is 1.80. The van der Waals surface area contributed by atoms with Gasteiger partial charge in [0.1, 0.15) is 5.75 Å². The van der Waals surface area contributed by atoms with Crippen LogP contribution in [-0.4, -0.2) is 25.1 Å². The third-order valence-corrected chi connectivity index (χ3v) is 3.37. The summed E-state index contributed by atoms with van der Waals surface area (Å²) in [6.07, 6.45) is 1.46. The largest absolute Gasteiger partial charge is 0.479 e. The molecule has 1 aromatic carbocycles. The van der Waals surface area contributed by atoms with Gasteiger partial charge in [0.15, 0.2) is 6.10 Å². The van der Waals surface area contributed by atoms with Crippen molar-refractivity contribution in [3.63, 3.8) is 0 Å². The summed E-state index contributed by atoms with van der Waals surface area (Å²) in [5.41, 5.74) is 1.09. The lowest BCUT2D eigenvalue weighted by Crippen LogP contribution is -2.36. The molecule has 0 heterocycles. The summed E-state index contributed by atoms with van der Waals surface area (Å²) in [6.45, 7) is 8.22. The molecule has 0 spiro atoms. The second-order valence-corrected chi connectivity index (χ2v) is 5.36. The molecule has 0 aromatic heterocycles. The van der Waals surface area contributed by atoms with Gasteiger partial charge < -0.3 is 15.4 Å². The van der Waals surface area contributed by atoms with Crippen LogP contribution in [0.4, 0.5) is 0 Å². The molecule has 0 aliphatic rings. The molecular formula is C16H25ClN2O2. The van der Waals surface area contributed by atoms with Crippen molar-refractivity contribution in [2.75, 3.05) is 13.1 Å². The van der Waals surface area contributed by atoms with Crippen LogP contribution >= 0.6 is 11.6 Å². The molecule has 0 fully saturated rings. The van der Waals surface area contributed by atoms with Gasteiger partial charge in [0, 0.05) is 13.1 Å². The molecule has 1 atom stereocenters. The first-order chi connectivity index (χ1) is 10.1. The zero-order valence-corrected chi connectivity index (χ0v) is 13.8. The first-order valence-electron chi connectivity index (χ1n) is 7.52. The molecule has 0 saturated carbocycles. The molecule has 1 amide bonds. The van der Waals surface area contributed by atoms with Crippen molar-refractivity contribution in [1.82, 2.24) is 10.6 Å². The highest BCUT2D eigenvalue weighted by atomic mass is 35.5. The second kappa shape index (κ2) is 9.64. The minimum Gasteiger partial charge on any atom is -0.479 e. The third-order valence-electron chi connectivity index (χ3n) is 3.08. The van der Waals surface area contributed by atoms with Crippen LogP contribution in [0.25, 0.3) is 0 Å². The smallest absolute Gasteiger partial charge is 0.260 e. The molecule has 0 radical (unpaired) electrons. The molecular weight excluding hydrogens is 288 g/mol. The van der Waals surface area contributed by atoms with Gasteiger partial charge >= 0.3 is 0 Å². The van der Waals surface area contributed by atoms with E-state index in [0.29, 0.717) is 17.3 Å². The molecule has 0 bridgehead atoms. The number of carbonyl (C=O) groups excluding carboxylic acids is 1. The number of amides is 1. The molecule has 118 valence electrons. The molecule has 1 rings (SSSR count). The van der Waals surface area contributed by atoms with Crippen LogP contribution in [0.3, 0.4) is 0 Å². The van der Waals surface area contributed by atoms with E-state index in [1.54, 1.807) is 6.92 Å². The molecule has 1 unspecified atom stereocenters. The number of unbranched alkanes of at least 4 members (excludes halogenated alkanes) is 1. The van der Waals surface area contributed by atoms with E-state index >= 15 is 0 Å². The first-order valence-corrected chi connectivity index (χ1v) is 7.89. The van der Waals surface area contributed by atoms with E-state index in [1.807, 2.05) is 18.2 Å². The van der Waals surface area contributed by atoms with E-state index in [9.17, 15) is 4.79 Å². The lowest BCUT2D eigenvalue weighted by molar-refractivity contribution is -0.127. The number of benzene rings is 1. The minimum absolute atomic E-state index is 0.115. The highest BCUT2D eigenvalue weighted by Crippen LogP contribution is 2.26. The lowest BCUT2D eigenvalue weighted by Gasteiger charge is -2.16. The molecule has 21 heavy (non-hydrogen) atoms. The van der Waals surface area contributed by atoms with Gasteiger partial charge in [-0.3, -0.25) is 4.79 Å². The van der Waals surface area contributed by atoms with Crippen LogP contribution in [0.5, 0.6) is 5.75 Å². The summed E-state index contributed by atoms with van der Waals surface area (Å²) >= 11 is 6.20. The van der Waals surface area contributed by atoms with Gasteiger partial charge in [0.25, 0.3) is 5.91 Å². The van der Waals surface area contributed by atoms with Crippen molar-refractivity contribution >= 4 is 17.5 Å². The summed E-state index contributed by atoms with van der Waals surface area (Å²) in [5, 5.41) is 6.61. The van der Waals surface area contributed by atoms with Crippen molar-refractivity contribution in [1.29, 1.82) is 0 Å². The zero-order chi connectivity index (χ0) is 15.7. The van der Waals surface area contributed by atoms with Gasteiger partial charge in [-0.1, -0.05) is 37.9 Å². The number of hydrogen-bond acceptors (Lipinski definition) is 3. The van der Waals surface area contributed by atoms with E-state index in [2.05, 4.69) is 24.5 Å². The fraction of sp³-hybridized carbons (Fsp3) is 0.562. The van der Waals surface area contributed by atoms with E-state index in [0.717, 1.165) is 31.5 Å². The molecule has 4 nitrogen and oxygen atoms in total. The van der Waals surface area contributed by atoms with Crippen LogP contribution in [-0.2, 0) is 11.3 Å². The molecule has 5 heteroatoms. The Kier molecular flexibility index (Phi) is 8.16. The van der Waals surface area contributed by atoms with Crippen molar-refractivity contribution in [3.05, 3.63) is 28.8 Å². The Balaban J connectivity index is 2.55. The maximum atomic E-state index is 11.9. The van der Waals surface area contributed by atoms with Crippen LogP contribution in [0.15, 0.2) is 18.2 Å². The monoisotopic (exact) mass is 312 g/mol. The van der Waals surface area contributed by atoms with Crippen molar-refractivity contribution < 1.29 is 9.53 Å². The Morgan fingerprint density at radius 3 is 2.76 bits per heavy atom. The predicted molar refractivity (Wildman–Crippen MR) is 86.8 cm³/mol. The van der Waals surface area contributed by atoms with Gasteiger partial charge in [-0.25, -0.2) is 0 Å². The Morgan fingerprint density at radius 1 is 1.38 bits per heavy atom. The van der Waals surface area contributed by atoms with Crippen LogP contribution in [0.1, 0.15) is 39.2 Å². The number of carbonyl (C=O) groups is 1. The summed E-state index contributed by atoms with van der Waals surface area (Å²) in [5.74, 6) is 0.422. The fourth-order valence-corrected chi connectivity index (χ4v) is 2.04. The topological polar surface area (TPSA) is 50.4 Å². The maximum Gasteiger partial charge on any atom is 0.260 e. The number of ether oxygens (including phenoxy) is 1. The highest BCUT2D eigenvalue weighted by molar-refractivity contribution is 6.32. The predicted octanol–water partition coefficient (Wildman–Crippen LogP) is 3.13. The van der Waals surface area contributed by atoms with E-state index in [-0.39, 0.29) is 5.91 Å². The maximum absolute atomic E-state index is 11.9. The van der Waals surface area contributed by atoms with Crippen molar-refractivity contribution in [2.45, 2.75) is 46.3 Å². The van der Waals surface area contributed by atoms with Gasteiger partial charge in [-0.15, -0.1) is 0 Å². The molecule has 1 aromatic rings. The quantitative estimate of drug-likeness (QED) is 0.689. The number of hydrogen-bond donors (Lipinski definition) is 2. The Morgan fingerprint density at radius 2 is 2.14 bits per heavy atom. The van der Waals surface area contributed by atoms with E-state index in [4.69, 9.17) is 16.3 Å². The summed E-state index contributed by atoms with van der Waals surface area (Å²) < 4.78 is 5.63. The van der Waals surface area contributed by atoms with Gasteiger partial charge in [-0.2, -0.15) is 0 Å². The summed E-state index contributed by atoms with van der Waals surface area (Å²) in [7, 11) is 0. The van der Waals surface area contributed by atoms with Crippen LogP contribution in [0, 0.1) is 0 Å². The van der Waals surface area contributed by atoms with Gasteiger partial charge in [0.2, 0.25) is 0 Å². The number of halogens is 1. The second-order valence-electron chi connectivity index (χ2n) is 4.95. The SMILES string of the molecule is CCCCNC(=O)C(C)Oc1ccc(CNCC)cc1Cl. The Labute approximate surface area is 132 Å². The van der Waals surface area contributed by atoms with Crippen molar-refractivity contribution in [2.24, 2.45) is 0 Å². The minimum atomic E-state index is -0.557. The summed E-state index contributed by atoms with van der Waals surface area (Å²) in [6, 6.07) is 5.62.